The van der Waals surface area contributed by atoms with Crippen LogP contribution in [0.3, 0.4) is 0 Å². The van der Waals surface area contributed by atoms with Crippen LogP contribution in [0.4, 0.5) is 23.2 Å². The van der Waals surface area contributed by atoms with Gasteiger partial charge in [0.15, 0.2) is 11.9 Å². The van der Waals surface area contributed by atoms with Crippen molar-refractivity contribution in [2.75, 3.05) is 5.32 Å². The summed E-state index contributed by atoms with van der Waals surface area (Å²) < 4.78 is 61.1. The summed E-state index contributed by atoms with van der Waals surface area (Å²) in [5, 5.41) is 16.1. The van der Waals surface area contributed by atoms with Gasteiger partial charge in [-0.25, -0.2) is 9.18 Å². The van der Waals surface area contributed by atoms with Crippen molar-refractivity contribution in [2.24, 2.45) is 7.05 Å². The van der Waals surface area contributed by atoms with E-state index in [4.69, 9.17) is 4.74 Å². The average molecular weight is 482 g/mol. The van der Waals surface area contributed by atoms with Crippen LogP contribution in [0, 0.1) is 12.7 Å². The Morgan fingerprint density at radius 3 is 2.41 bits per heavy atom. The normalized spacial score (nSPS) is 13.4. The Morgan fingerprint density at radius 1 is 1.21 bits per heavy atom. The van der Waals surface area contributed by atoms with Gasteiger partial charge in [0.2, 0.25) is 0 Å². The van der Waals surface area contributed by atoms with Gasteiger partial charge in [-0.05, 0) is 38.5 Å². The van der Waals surface area contributed by atoms with E-state index in [9.17, 15) is 27.9 Å². The van der Waals surface area contributed by atoms with Crippen molar-refractivity contribution in [3.63, 3.8) is 0 Å². The van der Waals surface area contributed by atoms with Crippen LogP contribution in [0.15, 0.2) is 41.2 Å². The van der Waals surface area contributed by atoms with Gasteiger partial charge in [-0.1, -0.05) is 18.2 Å². The van der Waals surface area contributed by atoms with Crippen LogP contribution in [0.5, 0.6) is 5.75 Å². The van der Waals surface area contributed by atoms with Crippen LogP contribution in [-0.2, 0) is 7.05 Å². The third-order valence-electron chi connectivity index (χ3n) is 5.07. The summed E-state index contributed by atoms with van der Waals surface area (Å²) >= 11 is 0. The Morgan fingerprint density at radius 2 is 1.85 bits per heavy atom. The van der Waals surface area contributed by atoms with Gasteiger partial charge in [-0.15, -0.1) is 5.10 Å². The van der Waals surface area contributed by atoms with E-state index in [1.54, 1.807) is 31.2 Å². The van der Waals surface area contributed by atoms with Gasteiger partial charge in [0, 0.05) is 18.8 Å². The Bertz CT molecular complexity index is 1280. The first-order valence-electron chi connectivity index (χ1n) is 10.1. The number of hydrogen-bond acceptors (Lipinski definition) is 5. The Kier molecular flexibility index (Phi) is 6.82. The Labute approximate surface area is 191 Å². The summed E-state index contributed by atoms with van der Waals surface area (Å²) in [5.74, 6) is -2.73. The maximum Gasteiger partial charge on any atom is 0.425 e. The van der Waals surface area contributed by atoms with E-state index in [1.165, 1.54) is 14.0 Å². The molecule has 0 unspecified atom stereocenters. The van der Waals surface area contributed by atoms with Crippen molar-refractivity contribution in [3.05, 3.63) is 69.7 Å². The number of nitrogens with zero attached hydrogens (tertiary/aromatic N) is 3. The third-order valence-corrected chi connectivity index (χ3v) is 5.07. The number of rotatable bonds is 6. The van der Waals surface area contributed by atoms with Crippen molar-refractivity contribution in [2.45, 2.75) is 39.2 Å². The van der Waals surface area contributed by atoms with E-state index < -0.39 is 52.8 Å². The smallest absolute Gasteiger partial charge is 0.425 e. The van der Waals surface area contributed by atoms with Gasteiger partial charge in [-0.3, -0.25) is 9.36 Å². The number of aliphatic hydroxyl groups is 1. The summed E-state index contributed by atoms with van der Waals surface area (Å²) in [5.41, 5.74) is -0.884. The highest BCUT2D eigenvalue weighted by Gasteiger charge is 2.39. The minimum absolute atomic E-state index is 0.100. The van der Waals surface area contributed by atoms with Crippen molar-refractivity contribution in [1.82, 2.24) is 14.3 Å². The summed E-state index contributed by atoms with van der Waals surface area (Å²) in [6.07, 6.45) is -8.30. The minimum Gasteiger partial charge on any atom is -0.480 e. The van der Waals surface area contributed by atoms with Crippen LogP contribution in [0.1, 0.15) is 41.7 Å². The van der Waals surface area contributed by atoms with E-state index in [0.717, 1.165) is 17.6 Å². The number of nitrogens with one attached hydrogen (secondary N) is 1. The zero-order valence-electron chi connectivity index (χ0n) is 18.6. The first-order chi connectivity index (χ1) is 15.8. The number of aryl methyl sites for hydroxylation is 1. The molecule has 0 spiro atoms. The molecule has 2 N–H and O–H groups in total. The minimum atomic E-state index is -4.78. The molecule has 0 aliphatic carbocycles. The highest BCUT2D eigenvalue weighted by Crippen LogP contribution is 2.31. The number of aliphatic hydroxyl groups excluding tert-OH is 1. The number of amides is 1. The molecule has 3 rings (SSSR count). The molecule has 0 aliphatic heterocycles. The maximum atomic E-state index is 15.1. The molecule has 0 saturated heterocycles. The van der Waals surface area contributed by atoms with Crippen molar-refractivity contribution >= 4 is 11.6 Å². The van der Waals surface area contributed by atoms with Crippen molar-refractivity contribution in [1.29, 1.82) is 0 Å². The lowest BCUT2D eigenvalue weighted by atomic mass is 10.1. The molecule has 0 aliphatic rings. The number of halogens is 4. The monoisotopic (exact) mass is 482 g/mol. The number of alkyl halides is 3. The molecule has 3 aromatic rings. The zero-order chi connectivity index (χ0) is 25.4. The average Bonchev–Trinajstić information content (AvgIpc) is 3.04. The Hall–Kier alpha value is -3.67. The highest BCUT2D eigenvalue weighted by molar-refractivity contribution is 6.06. The van der Waals surface area contributed by atoms with Gasteiger partial charge in [0.25, 0.3) is 5.91 Å². The Balaban J connectivity index is 2.14. The second kappa shape index (κ2) is 9.29. The molecule has 0 radical (unpaired) electrons. The number of carbonyl (C=O) groups is 1. The van der Waals surface area contributed by atoms with Crippen LogP contribution in [0.25, 0.3) is 5.69 Å². The molecule has 1 aromatic heterocycles. The number of carbonyl (C=O) groups excluding carboxylic acids is 1. The van der Waals surface area contributed by atoms with Crippen molar-refractivity contribution < 1.29 is 32.2 Å². The molecular weight excluding hydrogens is 460 g/mol. The number of hydrogen-bond donors (Lipinski definition) is 2. The van der Waals surface area contributed by atoms with Gasteiger partial charge < -0.3 is 15.2 Å². The standard InChI is InChI=1S/C22H22F4N4O4/c1-11-7-5-6-8-16(11)27-20(32)14-9-15(23)17(10-18(14)34-13(3)22(24,25)26)30-21(33)29(4)19(28-30)12(2)31/h5-10,12-13,31H,1-4H3,(H,27,32)/t12-,13+/m1/s1. The van der Waals surface area contributed by atoms with Crippen LogP contribution in [0.2, 0.25) is 0 Å². The van der Waals surface area contributed by atoms with Crippen molar-refractivity contribution in [3.8, 4) is 11.4 Å². The molecule has 8 nitrogen and oxygen atoms in total. The molecule has 34 heavy (non-hydrogen) atoms. The van der Waals surface area contributed by atoms with Gasteiger partial charge in [0.05, 0.1) is 5.56 Å². The van der Waals surface area contributed by atoms with E-state index in [-0.39, 0.29) is 5.82 Å². The first kappa shape index (κ1) is 25.0. The van der Waals surface area contributed by atoms with Crippen LogP contribution in [-0.4, -0.2) is 37.6 Å². The number of para-hydroxylation sites is 1. The molecule has 182 valence electrons. The topological polar surface area (TPSA) is 98.4 Å². The third kappa shape index (κ3) is 4.96. The van der Waals surface area contributed by atoms with Gasteiger partial charge in [-0.2, -0.15) is 17.9 Å². The fourth-order valence-corrected chi connectivity index (χ4v) is 3.11. The van der Waals surface area contributed by atoms with Crippen LogP contribution < -0.4 is 15.7 Å². The largest absolute Gasteiger partial charge is 0.480 e. The SMILES string of the molecule is Cc1ccccc1NC(=O)c1cc(F)c(-n2nc([C@@H](C)O)n(C)c2=O)cc1O[C@@H](C)C(F)(F)F. The molecule has 2 aromatic carbocycles. The summed E-state index contributed by atoms with van der Waals surface area (Å²) in [6.45, 7) is 3.77. The molecule has 0 fully saturated rings. The first-order valence-corrected chi connectivity index (χ1v) is 10.1. The number of benzene rings is 2. The quantitative estimate of drug-likeness (QED) is 0.523. The lowest BCUT2D eigenvalue weighted by Gasteiger charge is -2.20. The molecule has 2 atom stereocenters. The zero-order valence-corrected chi connectivity index (χ0v) is 18.6. The lowest BCUT2D eigenvalue weighted by molar-refractivity contribution is -0.189. The number of ether oxygens (including phenoxy) is 1. The van der Waals surface area contributed by atoms with E-state index in [1.807, 2.05) is 0 Å². The molecule has 12 heteroatoms. The fraction of sp³-hybridized carbons (Fsp3) is 0.318. The predicted octanol–water partition coefficient (Wildman–Crippen LogP) is 3.65. The summed E-state index contributed by atoms with van der Waals surface area (Å²) in [4.78, 5) is 25.4. The summed E-state index contributed by atoms with van der Waals surface area (Å²) in [7, 11) is 1.29. The second-order valence-electron chi connectivity index (χ2n) is 7.66. The molecule has 1 heterocycles. The van der Waals surface area contributed by atoms with Gasteiger partial charge >= 0.3 is 11.9 Å². The van der Waals surface area contributed by atoms with E-state index in [0.29, 0.717) is 22.0 Å². The predicted molar refractivity (Wildman–Crippen MR) is 115 cm³/mol. The highest BCUT2D eigenvalue weighted by atomic mass is 19.4. The van der Waals surface area contributed by atoms with Gasteiger partial charge in [0.1, 0.15) is 23.4 Å². The summed E-state index contributed by atoms with van der Waals surface area (Å²) in [6, 6.07) is 8.11. The molecule has 1 amide bonds. The number of anilines is 1. The fourth-order valence-electron chi connectivity index (χ4n) is 3.11. The van der Waals surface area contributed by atoms with E-state index >= 15 is 4.39 Å². The molecular formula is C22H22F4N4O4. The number of aromatic nitrogens is 3. The second-order valence-corrected chi connectivity index (χ2v) is 7.66. The molecule has 0 saturated carbocycles. The van der Waals surface area contributed by atoms with E-state index in [2.05, 4.69) is 10.4 Å². The maximum absolute atomic E-state index is 15.1. The molecule has 0 bridgehead atoms. The lowest BCUT2D eigenvalue weighted by Crippen LogP contribution is -2.32. The van der Waals surface area contributed by atoms with Crippen LogP contribution >= 0.6 is 0 Å².